The number of aromatic carboxylic acids is 1. The highest BCUT2D eigenvalue weighted by Gasteiger charge is 2.23. The molecule has 0 atom stereocenters. The molecule has 0 aliphatic carbocycles. The van der Waals surface area contributed by atoms with Crippen molar-refractivity contribution in [3.63, 3.8) is 0 Å². The van der Waals surface area contributed by atoms with Crippen molar-refractivity contribution >= 4 is 17.0 Å². The molecule has 0 bridgehead atoms. The summed E-state index contributed by atoms with van der Waals surface area (Å²) in [6.07, 6.45) is 6.16. The zero-order valence-electron chi connectivity index (χ0n) is 14.9. The highest BCUT2D eigenvalue weighted by Crippen LogP contribution is 2.28. The zero-order valence-corrected chi connectivity index (χ0v) is 14.9. The van der Waals surface area contributed by atoms with Crippen LogP contribution in [0.15, 0.2) is 30.6 Å². The molecule has 2 aromatic heterocycles. The molecule has 3 heterocycles. The highest BCUT2D eigenvalue weighted by atomic mass is 16.4. The predicted octanol–water partition coefficient (Wildman–Crippen LogP) is 2.86. The summed E-state index contributed by atoms with van der Waals surface area (Å²) >= 11 is 0. The van der Waals surface area contributed by atoms with Gasteiger partial charge in [-0.15, -0.1) is 0 Å². The molecule has 136 valence electrons. The summed E-state index contributed by atoms with van der Waals surface area (Å²) in [5.74, 6) is 0.667. The van der Waals surface area contributed by atoms with Crippen molar-refractivity contribution in [2.24, 2.45) is 0 Å². The third-order valence-corrected chi connectivity index (χ3v) is 5.33. The van der Waals surface area contributed by atoms with Crippen molar-refractivity contribution in [1.82, 2.24) is 24.6 Å². The van der Waals surface area contributed by atoms with Crippen LogP contribution in [0.3, 0.4) is 0 Å². The van der Waals surface area contributed by atoms with E-state index < -0.39 is 5.97 Å². The van der Waals surface area contributed by atoms with Crippen molar-refractivity contribution in [3.8, 4) is 0 Å². The molecule has 4 rings (SSSR count). The number of hydrogen-bond acceptors (Lipinski definition) is 4. The summed E-state index contributed by atoms with van der Waals surface area (Å²) < 4.78 is 2.18. The van der Waals surface area contributed by atoms with Crippen LogP contribution in [0.4, 0.5) is 0 Å². The summed E-state index contributed by atoms with van der Waals surface area (Å²) in [5.41, 5.74) is 3.34. The van der Waals surface area contributed by atoms with E-state index in [2.05, 4.69) is 26.6 Å². The van der Waals surface area contributed by atoms with Gasteiger partial charge in [-0.05, 0) is 62.5 Å². The second kappa shape index (κ2) is 6.92. The molecule has 1 aliphatic heterocycles. The fourth-order valence-corrected chi connectivity index (χ4v) is 3.89. The number of carboxylic acids is 1. The number of hydrogen-bond donors (Lipinski definition) is 2. The number of likely N-dealkylation sites (tertiary alicyclic amines) is 1. The maximum absolute atomic E-state index is 11.2. The van der Waals surface area contributed by atoms with Gasteiger partial charge in [-0.1, -0.05) is 0 Å². The number of rotatable bonds is 5. The molecule has 0 unspecified atom stereocenters. The lowest BCUT2D eigenvalue weighted by atomic mass is 9.91. The lowest BCUT2D eigenvalue weighted by Crippen LogP contribution is -2.33. The summed E-state index contributed by atoms with van der Waals surface area (Å²) in [5, 5.41) is 16.2. The van der Waals surface area contributed by atoms with Gasteiger partial charge in [0.15, 0.2) is 0 Å². The SMILES string of the molecule is CCn1c(CN2CCC(c3cn[nH]c3)CC2)nc2cc(C(=O)O)ccc21. The van der Waals surface area contributed by atoms with E-state index in [9.17, 15) is 9.90 Å². The summed E-state index contributed by atoms with van der Waals surface area (Å²) in [6, 6.07) is 5.18. The van der Waals surface area contributed by atoms with Gasteiger partial charge in [0.25, 0.3) is 0 Å². The van der Waals surface area contributed by atoms with Crippen LogP contribution < -0.4 is 0 Å². The maximum Gasteiger partial charge on any atom is 0.335 e. The van der Waals surface area contributed by atoms with E-state index in [1.54, 1.807) is 12.1 Å². The Balaban J connectivity index is 1.51. The molecule has 2 N–H and O–H groups in total. The van der Waals surface area contributed by atoms with Crippen molar-refractivity contribution in [2.75, 3.05) is 13.1 Å². The van der Waals surface area contributed by atoms with Crippen LogP contribution in [0, 0.1) is 0 Å². The molecule has 1 aromatic carbocycles. The summed E-state index contributed by atoms with van der Waals surface area (Å²) in [6.45, 7) is 5.78. The molecular formula is C19H23N5O2. The highest BCUT2D eigenvalue weighted by molar-refractivity contribution is 5.92. The number of aromatic amines is 1. The van der Waals surface area contributed by atoms with E-state index in [4.69, 9.17) is 4.98 Å². The van der Waals surface area contributed by atoms with E-state index in [1.807, 2.05) is 18.5 Å². The van der Waals surface area contributed by atoms with Gasteiger partial charge in [-0.25, -0.2) is 9.78 Å². The normalized spacial score (nSPS) is 16.3. The number of benzene rings is 1. The Bertz CT molecular complexity index is 908. The monoisotopic (exact) mass is 353 g/mol. The molecule has 7 nitrogen and oxygen atoms in total. The first kappa shape index (κ1) is 16.8. The first-order chi connectivity index (χ1) is 12.7. The van der Waals surface area contributed by atoms with Gasteiger partial charge in [-0.3, -0.25) is 10.00 Å². The van der Waals surface area contributed by atoms with Crippen molar-refractivity contribution in [1.29, 1.82) is 0 Å². The molecule has 26 heavy (non-hydrogen) atoms. The average molecular weight is 353 g/mol. The van der Waals surface area contributed by atoms with E-state index in [-0.39, 0.29) is 5.56 Å². The second-order valence-corrected chi connectivity index (χ2v) is 6.86. The number of carbonyl (C=O) groups is 1. The minimum Gasteiger partial charge on any atom is -0.478 e. The van der Waals surface area contributed by atoms with Crippen LogP contribution in [0.5, 0.6) is 0 Å². The molecule has 1 saturated heterocycles. The number of H-pyrrole nitrogens is 1. The van der Waals surface area contributed by atoms with Gasteiger partial charge in [0, 0.05) is 12.7 Å². The van der Waals surface area contributed by atoms with Gasteiger partial charge in [-0.2, -0.15) is 5.10 Å². The van der Waals surface area contributed by atoms with E-state index in [0.29, 0.717) is 5.92 Å². The minimum atomic E-state index is -0.916. The van der Waals surface area contributed by atoms with Crippen molar-refractivity contribution < 1.29 is 9.90 Å². The standard InChI is InChI=1S/C19H23N5O2/c1-2-24-17-4-3-14(19(25)26)9-16(17)22-18(24)12-23-7-5-13(6-8-23)15-10-20-21-11-15/h3-4,9-11,13H,2,5-8,12H2,1H3,(H,20,21)(H,25,26). The molecule has 0 radical (unpaired) electrons. The number of piperidine rings is 1. The van der Waals surface area contributed by atoms with Crippen molar-refractivity contribution in [3.05, 3.63) is 47.5 Å². The Morgan fingerprint density at radius 2 is 2.15 bits per heavy atom. The molecule has 1 fully saturated rings. The Labute approximate surface area is 151 Å². The third-order valence-electron chi connectivity index (χ3n) is 5.33. The molecule has 0 saturated carbocycles. The van der Waals surface area contributed by atoms with Gasteiger partial charge in [0.05, 0.1) is 29.3 Å². The first-order valence-electron chi connectivity index (χ1n) is 9.09. The third kappa shape index (κ3) is 3.10. The molecule has 1 aliphatic rings. The fourth-order valence-electron chi connectivity index (χ4n) is 3.89. The average Bonchev–Trinajstić information content (AvgIpc) is 3.29. The number of carboxylic acid groups (broad SMARTS) is 1. The van der Waals surface area contributed by atoms with Crippen LogP contribution in [-0.4, -0.2) is 48.8 Å². The number of aromatic nitrogens is 4. The van der Waals surface area contributed by atoms with Gasteiger partial charge in [0.1, 0.15) is 5.82 Å². The second-order valence-electron chi connectivity index (χ2n) is 6.86. The topological polar surface area (TPSA) is 87.0 Å². The van der Waals surface area contributed by atoms with Crippen LogP contribution >= 0.6 is 0 Å². The molecule has 0 spiro atoms. The Hall–Kier alpha value is -2.67. The Morgan fingerprint density at radius 3 is 2.81 bits per heavy atom. The fraction of sp³-hybridized carbons (Fsp3) is 0.421. The minimum absolute atomic E-state index is 0.283. The number of nitrogens with zero attached hydrogens (tertiary/aromatic N) is 4. The lowest BCUT2D eigenvalue weighted by Gasteiger charge is -2.31. The maximum atomic E-state index is 11.2. The summed E-state index contributed by atoms with van der Waals surface area (Å²) in [7, 11) is 0. The van der Waals surface area contributed by atoms with E-state index in [1.165, 1.54) is 5.56 Å². The van der Waals surface area contributed by atoms with Gasteiger partial charge in [0.2, 0.25) is 0 Å². The lowest BCUT2D eigenvalue weighted by molar-refractivity contribution is 0.0697. The first-order valence-corrected chi connectivity index (χ1v) is 9.09. The van der Waals surface area contributed by atoms with Gasteiger partial charge < -0.3 is 9.67 Å². The molecule has 3 aromatic rings. The van der Waals surface area contributed by atoms with Crippen LogP contribution in [0.1, 0.15) is 47.4 Å². The largest absolute Gasteiger partial charge is 0.478 e. The zero-order chi connectivity index (χ0) is 18.1. The molecular weight excluding hydrogens is 330 g/mol. The number of aryl methyl sites for hydroxylation is 1. The van der Waals surface area contributed by atoms with Gasteiger partial charge >= 0.3 is 5.97 Å². The van der Waals surface area contributed by atoms with Crippen molar-refractivity contribution in [2.45, 2.75) is 38.8 Å². The van der Waals surface area contributed by atoms with Crippen LogP contribution in [-0.2, 0) is 13.1 Å². The van der Waals surface area contributed by atoms with E-state index >= 15 is 0 Å². The Morgan fingerprint density at radius 1 is 1.35 bits per heavy atom. The molecule has 7 heteroatoms. The van der Waals surface area contributed by atoms with Crippen LogP contribution in [0.25, 0.3) is 11.0 Å². The Kier molecular flexibility index (Phi) is 4.46. The quantitative estimate of drug-likeness (QED) is 0.736. The number of nitrogens with one attached hydrogen (secondary N) is 1. The number of imidazole rings is 1. The predicted molar refractivity (Wildman–Crippen MR) is 98.2 cm³/mol. The molecule has 0 amide bonds. The van der Waals surface area contributed by atoms with E-state index in [0.717, 1.165) is 55.9 Å². The smallest absolute Gasteiger partial charge is 0.335 e. The van der Waals surface area contributed by atoms with Crippen LogP contribution in [0.2, 0.25) is 0 Å². The number of fused-ring (bicyclic) bond motifs is 1. The summed E-state index contributed by atoms with van der Waals surface area (Å²) in [4.78, 5) is 18.4.